The van der Waals surface area contributed by atoms with E-state index < -0.39 is 29.9 Å². The van der Waals surface area contributed by atoms with E-state index in [0.717, 1.165) is 0 Å². The Hall–Kier alpha value is -2.42. The highest BCUT2D eigenvalue weighted by Crippen LogP contribution is 2.13. The summed E-state index contributed by atoms with van der Waals surface area (Å²) in [6.45, 7) is 5.09. The first kappa shape index (κ1) is 15.6. The number of carbonyl (C=O) groups is 4. The first-order chi connectivity index (χ1) is 9.32. The van der Waals surface area contributed by atoms with Crippen molar-refractivity contribution in [1.29, 1.82) is 0 Å². The molecule has 0 aliphatic carbocycles. The molecule has 9 nitrogen and oxygen atoms in total. The fraction of sp³-hybridized carbons (Fsp3) is 0.455. The molecule has 1 aliphatic rings. The van der Waals surface area contributed by atoms with Gasteiger partial charge in [-0.25, -0.2) is 9.59 Å². The van der Waals surface area contributed by atoms with E-state index >= 15 is 0 Å². The van der Waals surface area contributed by atoms with Crippen LogP contribution in [0.15, 0.2) is 12.2 Å². The van der Waals surface area contributed by atoms with Gasteiger partial charge in [0.1, 0.15) is 6.61 Å². The molecule has 1 atom stereocenters. The molecule has 0 radical (unpaired) electrons. The molecular formula is C11H15N3O6. The molecule has 1 fully saturated rings. The molecule has 1 rings (SSSR count). The number of carbonyl (C=O) groups excluding carboxylic acids is 4. The van der Waals surface area contributed by atoms with Gasteiger partial charge in [-0.05, 0) is 6.92 Å². The minimum atomic E-state index is -1.25. The van der Waals surface area contributed by atoms with Gasteiger partial charge in [0, 0.05) is 12.1 Å². The number of esters is 1. The Labute approximate surface area is 114 Å². The number of nitrogens with zero attached hydrogens (tertiary/aromatic N) is 1. The molecule has 1 saturated heterocycles. The zero-order chi connectivity index (χ0) is 15.3. The summed E-state index contributed by atoms with van der Waals surface area (Å²) in [5.74, 6) is -1.94. The van der Waals surface area contributed by atoms with E-state index in [-0.39, 0.29) is 25.1 Å². The van der Waals surface area contributed by atoms with E-state index in [1.807, 2.05) is 0 Å². The van der Waals surface area contributed by atoms with Gasteiger partial charge in [0.15, 0.2) is 0 Å². The van der Waals surface area contributed by atoms with Crippen LogP contribution in [0.25, 0.3) is 0 Å². The topological polar surface area (TPSA) is 128 Å². The molecule has 1 heterocycles. The van der Waals surface area contributed by atoms with Gasteiger partial charge in [-0.15, -0.1) is 0 Å². The van der Waals surface area contributed by atoms with Gasteiger partial charge in [0.25, 0.3) is 11.8 Å². The van der Waals surface area contributed by atoms with Crippen LogP contribution in [0.4, 0.5) is 4.79 Å². The third kappa shape index (κ3) is 4.05. The highest BCUT2D eigenvalue weighted by Gasteiger charge is 2.41. The number of nitrogens with one attached hydrogen (secondary N) is 1. The smallest absolute Gasteiger partial charge is 0.429 e. The number of primary amides is 1. The summed E-state index contributed by atoms with van der Waals surface area (Å²) in [6.07, 6.45) is -1.41. The van der Waals surface area contributed by atoms with Crippen molar-refractivity contribution >= 4 is 23.9 Å². The average Bonchev–Trinajstić information content (AvgIpc) is 2.61. The van der Waals surface area contributed by atoms with E-state index in [0.29, 0.717) is 5.06 Å². The zero-order valence-corrected chi connectivity index (χ0v) is 10.9. The van der Waals surface area contributed by atoms with Crippen LogP contribution in [0, 0.1) is 0 Å². The minimum Gasteiger partial charge on any atom is -0.461 e. The van der Waals surface area contributed by atoms with Crippen LogP contribution in [0.3, 0.4) is 0 Å². The largest absolute Gasteiger partial charge is 0.461 e. The molecule has 0 aromatic carbocycles. The molecule has 1 unspecified atom stereocenters. The SMILES string of the molecule is C=C(C)C(=O)OCCNC1CC(=O)N(OC(N)=O)C1=O. The van der Waals surface area contributed by atoms with Crippen LogP contribution < -0.4 is 11.1 Å². The van der Waals surface area contributed by atoms with Crippen LogP contribution in [-0.4, -0.2) is 48.1 Å². The Balaban J connectivity index is 2.37. The molecule has 20 heavy (non-hydrogen) atoms. The lowest BCUT2D eigenvalue weighted by atomic mass is 10.2. The summed E-state index contributed by atoms with van der Waals surface area (Å²) < 4.78 is 4.80. The van der Waals surface area contributed by atoms with E-state index in [4.69, 9.17) is 10.5 Å². The number of hydrogen-bond donors (Lipinski definition) is 2. The lowest BCUT2D eigenvalue weighted by Gasteiger charge is -2.12. The maximum Gasteiger partial charge on any atom is 0.429 e. The molecule has 0 aromatic rings. The summed E-state index contributed by atoms with van der Waals surface area (Å²) in [7, 11) is 0. The summed E-state index contributed by atoms with van der Waals surface area (Å²) in [6, 6.07) is -0.842. The molecule has 0 spiro atoms. The highest BCUT2D eigenvalue weighted by atomic mass is 16.7. The van der Waals surface area contributed by atoms with Crippen LogP contribution in [-0.2, 0) is 24.0 Å². The van der Waals surface area contributed by atoms with E-state index in [2.05, 4.69) is 16.7 Å². The molecule has 1 aliphatic heterocycles. The Bertz CT molecular complexity index is 461. The minimum absolute atomic E-state index is 0.0142. The third-order valence-corrected chi connectivity index (χ3v) is 2.36. The number of hydrogen-bond acceptors (Lipinski definition) is 7. The van der Waals surface area contributed by atoms with E-state index in [1.54, 1.807) is 0 Å². The van der Waals surface area contributed by atoms with E-state index in [9.17, 15) is 19.2 Å². The molecular weight excluding hydrogens is 270 g/mol. The number of hydroxylamine groups is 2. The summed E-state index contributed by atoms with van der Waals surface area (Å²) in [5, 5.41) is 3.03. The van der Waals surface area contributed by atoms with Crippen molar-refractivity contribution in [3.8, 4) is 0 Å². The van der Waals surface area contributed by atoms with Gasteiger partial charge in [0.05, 0.1) is 12.5 Å². The maximum atomic E-state index is 11.7. The van der Waals surface area contributed by atoms with Crippen LogP contribution in [0.2, 0.25) is 0 Å². The monoisotopic (exact) mass is 285 g/mol. The normalized spacial score (nSPS) is 18.1. The van der Waals surface area contributed by atoms with Gasteiger partial charge in [0.2, 0.25) is 0 Å². The average molecular weight is 285 g/mol. The van der Waals surface area contributed by atoms with Crippen molar-refractivity contribution in [2.75, 3.05) is 13.2 Å². The number of imide groups is 1. The summed E-state index contributed by atoms with van der Waals surface area (Å²) >= 11 is 0. The van der Waals surface area contributed by atoms with Crippen molar-refractivity contribution in [2.45, 2.75) is 19.4 Å². The Morgan fingerprint density at radius 1 is 1.50 bits per heavy atom. The Kier molecular flexibility index (Phi) is 5.21. The van der Waals surface area contributed by atoms with Crippen LogP contribution >= 0.6 is 0 Å². The second kappa shape index (κ2) is 6.66. The van der Waals surface area contributed by atoms with Crippen LogP contribution in [0.1, 0.15) is 13.3 Å². The molecule has 110 valence electrons. The fourth-order valence-corrected chi connectivity index (χ4v) is 1.45. The van der Waals surface area contributed by atoms with Gasteiger partial charge in [-0.1, -0.05) is 11.6 Å². The Morgan fingerprint density at radius 2 is 2.15 bits per heavy atom. The highest BCUT2D eigenvalue weighted by molar-refractivity contribution is 6.05. The summed E-state index contributed by atoms with van der Waals surface area (Å²) in [4.78, 5) is 48.9. The first-order valence-electron chi connectivity index (χ1n) is 5.73. The second-order valence-corrected chi connectivity index (χ2v) is 4.06. The zero-order valence-electron chi connectivity index (χ0n) is 10.9. The number of nitrogens with two attached hydrogens (primary N) is 1. The Morgan fingerprint density at radius 3 is 2.70 bits per heavy atom. The van der Waals surface area contributed by atoms with Crippen molar-refractivity contribution in [3.05, 3.63) is 12.2 Å². The molecule has 3 amide bonds. The fourth-order valence-electron chi connectivity index (χ4n) is 1.45. The van der Waals surface area contributed by atoms with Crippen molar-refractivity contribution in [1.82, 2.24) is 10.4 Å². The standard InChI is InChI=1S/C11H15N3O6/c1-6(2)10(17)19-4-3-13-7-5-8(15)14(9(7)16)20-11(12)18/h7,13H,1,3-5H2,2H3,(H2,12,18). The van der Waals surface area contributed by atoms with E-state index in [1.165, 1.54) is 6.92 Å². The second-order valence-electron chi connectivity index (χ2n) is 4.06. The van der Waals surface area contributed by atoms with Gasteiger partial charge in [-0.3, -0.25) is 9.59 Å². The molecule has 0 aromatic heterocycles. The van der Waals surface area contributed by atoms with Crippen molar-refractivity contribution in [2.24, 2.45) is 5.73 Å². The van der Waals surface area contributed by atoms with Crippen molar-refractivity contribution in [3.63, 3.8) is 0 Å². The van der Waals surface area contributed by atoms with Gasteiger partial charge in [-0.2, -0.15) is 0 Å². The van der Waals surface area contributed by atoms with Gasteiger partial charge < -0.3 is 20.6 Å². The maximum absolute atomic E-state index is 11.7. The summed E-state index contributed by atoms with van der Waals surface area (Å²) in [5.41, 5.74) is 4.99. The van der Waals surface area contributed by atoms with Crippen molar-refractivity contribution < 1.29 is 28.8 Å². The third-order valence-electron chi connectivity index (χ3n) is 2.36. The lowest BCUT2D eigenvalue weighted by molar-refractivity contribution is -0.171. The number of amides is 3. The number of rotatable bonds is 6. The van der Waals surface area contributed by atoms with Gasteiger partial charge >= 0.3 is 12.1 Å². The molecule has 0 bridgehead atoms. The quantitative estimate of drug-likeness (QED) is 0.272. The van der Waals surface area contributed by atoms with Crippen LogP contribution in [0.5, 0.6) is 0 Å². The number of ether oxygens (including phenoxy) is 1. The lowest BCUT2D eigenvalue weighted by Crippen LogP contribution is -2.41. The predicted octanol–water partition coefficient (Wildman–Crippen LogP) is -1.17. The molecule has 3 N–H and O–H groups in total. The molecule has 0 saturated carbocycles. The first-order valence-corrected chi connectivity index (χ1v) is 5.73. The predicted molar refractivity (Wildman–Crippen MR) is 64.7 cm³/mol. The molecule has 9 heteroatoms.